The fourth-order valence-electron chi connectivity index (χ4n) is 2.10. The first kappa shape index (κ1) is 13.1. The number of carbonyl (C=O) groups excluding carboxylic acids is 1. The number of aromatic amines is 1. The SMILES string of the molecule is CCCc1ccc(O)c2c(=O)cc(C(=O)OC)[nH]c12. The van der Waals surface area contributed by atoms with Crippen LogP contribution >= 0.6 is 0 Å². The molecule has 1 aromatic heterocycles. The molecule has 2 N–H and O–H groups in total. The number of esters is 1. The number of nitrogens with one attached hydrogen (secondary N) is 1. The first-order chi connectivity index (χ1) is 9.08. The van der Waals surface area contributed by atoms with Gasteiger partial charge in [-0.3, -0.25) is 4.79 Å². The van der Waals surface area contributed by atoms with Crippen LogP contribution in [0.3, 0.4) is 0 Å². The molecule has 0 saturated carbocycles. The largest absolute Gasteiger partial charge is 0.507 e. The van der Waals surface area contributed by atoms with Crippen LogP contribution in [0, 0.1) is 0 Å². The first-order valence-electron chi connectivity index (χ1n) is 6.04. The molecule has 0 aliphatic rings. The quantitative estimate of drug-likeness (QED) is 0.828. The third-order valence-corrected chi connectivity index (χ3v) is 2.98. The summed E-state index contributed by atoms with van der Waals surface area (Å²) in [6, 6.07) is 4.39. The van der Waals surface area contributed by atoms with Crippen molar-refractivity contribution in [3.8, 4) is 5.75 Å². The highest BCUT2D eigenvalue weighted by Gasteiger charge is 2.14. The number of aromatic nitrogens is 1. The smallest absolute Gasteiger partial charge is 0.354 e. The number of carbonyl (C=O) groups is 1. The Labute approximate surface area is 109 Å². The summed E-state index contributed by atoms with van der Waals surface area (Å²) >= 11 is 0. The summed E-state index contributed by atoms with van der Waals surface area (Å²) in [5.41, 5.74) is 1.07. The zero-order chi connectivity index (χ0) is 14.0. The topological polar surface area (TPSA) is 79.4 Å². The minimum atomic E-state index is -0.607. The first-order valence-corrected chi connectivity index (χ1v) is 6.04. The number of aromatic hydroxyl groups is 1. The lowest BCUT2D eigenvalue weighted by Gasteiger charge is -2.08. The van der Waals surface area contributed by atoms with E-state index in [-0.39, 0.29) is 16.8 Å². The highest BCUT2D eigenvalue weighted by molar-refractivity contribution is 5.93. The van der Waals surface area contributed by atoms with Gasteiger partial charge in [-0.15, -0.1) is 0 Å². The molecule has 0 fully saturated rings. The van der Waals surface area contributed by atoms with Crippen LogP contribution in [-0.2, 0) is 11.2 Å². The van der Waals surface area contributed by atoms with Crippen LogP contribution in [0.15, 0.2) is 23.0 Å². The van der Waals surface area contributed by atoms with E-state index >= 15 is 0 Å². The molecule has 0 radical (unpaired) electrons. The zero-order valence-corrected chi connectivity index (χ0v) is 10.8. The number of fused-ring (bicyclic) bond motifs is 1. The molecule has 0 unspecified atom stereocenters. The third-order valence-electron chi connectivity index (χ3n) is 2.98. The number of phenols is 1. The molecule has 0 spiro atoms. The Balaban J connectivity index is 2.80. The van der Waals surface area contributed by atoms with Crippen molar-refractivity contribution in [3.05, 3.63) is 39.7 Å². The van der Waals surface area contributed by atoms with Crippen LogP contribution in [0.1, 0.15) is 29.4 Å². The zero-order valence-electron chi connectivity index (χ0n) is 10.8. The maximum absolute atomic E-state index is 12.0. The van der Waals surface area contributed by atoms with Crippen molar-refractivity contribution in [2.45, 2.75) is 19.8 Å². The normalized spacial score (nSPS) is 10.6. The third kappa shape index (κ3) is 2.31. The molecular weight excluding hydrogens is 246 g/mol. The standard InChI is InChI=1S/C14H15NO4/c1-3-4-8-5-6-10(16)12-11(17)7-9(14(18)19-2)15-13(8)12/h5-7,16H,3-4H2,1-2H3,(H,15,17). The number of pyridine rings is 1. The molecule has 100 valence electrons. The summed E-state index contributed by atoms with van der Waals surface area (Å²) in [7, 11) is 1.25. The number of benzene rings is 1. The van der Waals surface area contributed by atoms with Crippen molar-refractivity contribution < 1.29 is 14.6 Å². The lowest BCUT2D eigenvalue weighted by Crippen LogP contribution is -2.12. The molecule has 0 saturated heterocycles. The fraction of sp³-hybridized carbons (Fsp3) is 0.286. The molecule has 5 nitrogen and oxygen atoms in total. The van der Waals surface area contributed by atoms with Gasteiger partial charge in [0.25, 0.3) is 0 Å². The van der Waals surface area contributed by atoms with Gasteiger partial charge < -0.3 is 14.8 Å². The van der Waals surface area contributed by atoms with Crippen molar-refractivity contribution in [3.63, 3.8) is 0 Å². The number of methoxy groups -OCH3 is 1. The van der Waals surface area contributed by atoms with Crippen molar-refractivity contribution in [2.75, 3.05) is 7.11 Å². The maximum Gasteiger partial charge on any atom is 0.354 e. The number of hydrogen-bond donors (Lipinski definition) is 2. The van der Waals surface area contributed by atoms with E-state index in [4.69, 9.17) is 0 Å². The molecule has 0 atom stereocenters. The number of aryl methyl sites for hydroxylation is 1. The number of H-pyrrole nitrogens is 1. The molecule has 0 amide bonds. The summed E-state index contributed by atoms with van der Waals surface area (Å²) in [6.07, 6.45) is 1.64. The number of hydrogen-bond acceptors (Lipinski definition) is 4. The lowest BCUT2D eigenvalue weighted by atomic mass is 10.0. The summed E-state index contributed by atoms with van der Waals surface area (Å²) in [5, 5.41) is 10.0. The molecule has 2 aromatic rings. The molecule has 0 aliphatic carbocycles. The van der Waals surface area contributed by atoms with Gasteiger partial charge in [0.05, 0.1) is 18.0 Å². The fourth-order valence-corrected chi connectivity index (χ4v) is 2.10. The summed E-state index contributed by atoms with van der Waals surface area (Å²) in [6.45, 7) is 2.01. The Hall–Kier alpha value is -2.30. The van der Waals surface area contributed by atoms with Gasteiger partial charge in [0.15, 0.2) is 5.43 Å². The second kappa shape index (κ2) is 5.14. The Morgan fingerprint density at radius 2 is 2.16 bits per heavy atom. The van der Waals surface area contributed by atoms with Gasteiger partial charge in [-0.2, -0.15) is 0 Å². The Bertz CT molecular complexity index is 688. The van der Waals surface area contributed by atoms with E-state index in [1.54, 1.807) is 6.07 Å². The van der Waals surface area contributed by atoms with E-state index in [1.807, 2.05) is 6.92 Å². The van der Waals surface area contributed by atoms with E-state index in [2.05, 4.69) is 9.72 Å². The predicted molar refractivity (Wildman–Crippen MR) is 71.6 cm³/mol. The monoisotopic (exact) mass is 261 g/mol. The molecule has 1 aromatic carbocycles. The van der Waals surface area contributed by atoms with Gasteiger partial charge in [0, 0.05) is 6.07 Å². The van der Waals surface area contributed by atoms with Gasteiger partial charge >= 0.3 is 5.97 Å². The number of ether oxygens (including phenoxy) is 1. The molecule has 0 bridgehead atoms. The Morgan fingerprint density at radius 3 is 2.79 bits per heavy atom. The van der Waals surface area contributed by atoms with E-state index in [1.165, 1.54) is 13.2 Å². The van der Waals surface area contributed by atoms with Crippen molar-refractivity contribution in [1.82, 2.24) is 4.98 Å². The van der Waals surface area contributed by atoms with Gasteiger partial charge in [-0.05, 0) is 18.1 Å². The highest BCUT2D eigenvalue weighted by atomic mass is 16.5. The van der Waals surface area contributed by atoms with Crippen LogP contribution in [0.5, 0.6) is 5.75 Å². The van der Waals surface area contributed by atoms with Gasteiger partial charge in [-0.25, -0.2) is 4.79 Å². The summed E-state index contributed by atoms with van der Waals surface area (Å²) < 4.78 is 4.60. The van der Waals surface area contributed by atoms with Gasteiger partial charge in [0.1, 0.15) is 11.4 Å². The summed E-state index contributed by atoms with van der Waals surface area (Å²) in [5.74, 6) is -0.697. The Kier molecular flexibility index (Phi) is 3.55. The van der Waals surface area contributed by atoms with Crippen LogP contribution in [0.4, 0.5) is 0 Å². The Morgan fingerprint density at radius 1 is 1.42 bits per heavy atom. The predicted octanol–water partition coefficient (Wildman–Crippen LogP) is 1.97. The number of phenolic OH excluding ortho intramolecular Hbond substituents is 1. The second-order valence-corrected chi connectivity index (χ2v) is 4.28. The summed E-state index contributed by atoms with van der Waals surface area (Å²) in [4.78, 5) is 26.4. The van der Waals surface area contributed by atoms with Gasteiger partial charge in [0.2, 0.25) is 0 Å². The van der Waals surface area contributed by atoms with Crippen molar-refractivity contribution in [2.24, 2.45) is 0 Å². The van der Waals surface area contributed by atoms with Crippen molar-refractivity contribution >= 4 is 16.9 Å². The molecule has 0 aliphatic heterocycles. The minimum absolute atomic E-state index is 0.0861. The second-order valence-electron chi connectivity index (χ2n) is 4.28. The molecule has 19 heavy (non-hydrogen) atoms. The van der Waals surface area contributed by atoms with Crippen LogP contribution in [0.25, 0.3) is 10.9 Å². The van der Waals surface area contributed by atoms with Gasteiger partial charge in [-0.1, -0.05) is 19.4 Å². The van der Waals surface area contributed by atoms with E-state index in [9.17, 15) is 14.7 Å². The van der Waals surface area contributed by atoms with E-state index in [0.717, 1.165) is 24.5 Å². The lowest BCUT2D eigenvalue weighted by molar-refractivity contribution is 0.0594. The molecular formula is C14H15NO4. The highest BCUT2D eigenvalue weighted by Crippen LogP contribution is 2.24. The van der Waals surface area contributed by atoms with Crippen LogP contribution in [0.2, 0.25) is 0 Å². The van der Waals surface area contributed by atoms with Crippen LogP contribution < -0.4 is 5.43 Å². The average Bonchev–Trinajstić information content (AvgIpc) is 2.40. The molecule has 5 heteroatoms. The maximum atomic E-state index is 12.0. The minimum Gasteiger partial charge on any atom is -0.507 e. The number of rotatable bonds is 3. The average molecular weight is 261 g/mol. The van der Waals surface area contributed by atoms with E-state index < -0.39 is 11.4 Å². The van der Waals surface area contributed by atoms with E-state index in [0.29, 0.717) is 5.52 Å². The molecule has 1 heterocycles. The van der Waals surface area contributed by atoms with Crippen LogP contribution in [-0.4, -0.2) is 23.2 Å². The van der Waals surface area contributed by atoms with Crippen molar-refractivity contribution in [1.29, 1.82) is 0 Å². The molecule has 2 rings (SSSR count).